The molecule has 2 heterocycles. The summed E-state index contributed by atoms with van der Waals surface area (Å²) in [5.74, 6) is 0. The molecule has 3 rings (SSSR count). The summed E-state index contributed by atoms with van der Waals surface area (Å²) in [5.41, 5.74) is 4.40. The lowest BCUT2D eigenvalue weighted by atomic mass is 9.83. The summed E-state index contributed by atoms with van der Waals surface area (Å²) in [5, 5.41) is 11.1. The number of pyridine rings is 1. The Morgan fingerprint density at radius 2 is 1.64 bits per heavy atom. The molecule has 3 heteroatoms. The summed E-state index contributed by atoms with van der Waals surface area (Å²) < 4.78 is 2.44. The Hall–Kier alpha value is -2.23. The predicted octanol–water partition coefficient (Wildman–Crippen LogP) is 4.11. The first-order chi connectivity index (χ1) is 11.7. The van der Waals surface area contributed by atoms with Crippen LogP contribution < -0.4 is 9.05 Å². The van der Waals surface area contributed by atoms with Crippen molar-refractivity contribution in [3.05, 3.63) is 78.3 Å². The van der Waals surface area contributed by atoms with Crippen molar-refractivity contribution in [1.29, 1.82) is 0 Å². The SMILES string of the molecule is CC1=CC(C(C)(C)C)=C[N+](C)(c2ccccc2-[n+]2ccccc2)C1O. The number of aliphatic hydroxyl groups is 1. The van der Waals surface area contributed by atoms with Crippen molar-refractivity contribution in [2.45, 2.75) is 33.9 Å². The number of aliphatic hydroxyl groups excluding tert-OH is 1. The fourth-order valence-electron chi connectivity index (χ4n) is 3.40. The molecule has 0 fully saturated rings. The maximum Gasteiger partial charge on any atom is 0.272 e. The Kier molecular flexibility index (Phi) is 4.40. The Bertz CT molecular complexity index is 831. The van der Waals surface area contributed by atoms with E-state index in [4.69, 9.17) is 0 Å². The number of aromatic nitrogens is 1. The molecule has 1 N–H and O–H groups in total. The number of hydrogen-bond acceptors (Lipinski definition) is 1. The summed E-state index contributed by atoms with van der Waals surface area (Å²) in [6.45, 7) is 8.64. The van der Waals surface area contributed by atoms with E-state index in [1.54, 1.807) is 0 Å². The fraction of sp³-hybridized carbons (Fsp3) is 0.318. The predicted molar refractivity (Wildman–Crippen MR) is 103 cm³/mol. The average molecular weight is 336 g/mol. The van der Waals surface area contributed by atoms with E-state index in [1.807, 2.05) is 49.6 Å². The van der Waals surface area contributed by atoms with Gasteiger partial charge >= 0.3 is 0 Å². The molecule has 0 bridgehead atoms. The van der Waals surface area contributed by atoms with E-state index < -0.39 is 6.23 Å². The van der Waals surface area contributed by atoms with Gasteiger partial charge in [-0.1, -0.05) is 39.0 Å². The Morgan fingerprint density at radius 3 is 2.28 bits per heavy atom. The van der Waals surface area contributed by atoms with Crippen molar-refractivity contribution in [1.82, 2.24) is 4.48 Å². The molecule has 25 heavy (non-hydrogen) atoms. The molecule has 3 nitrogen and oxygen atoms in total. The topological polar surface area (TPSA) is 24.1 Å². The average Bonchev–Trinajstić information content (AvgIpc) is 2.59. The number of allylic oxidation sites excluding steroid dienone is 2. The van der Waals surface area contributed by atoms with Gasteiger partial charge in [-0.15, -0.1) is 0 Å². The number of nitrogens with zero attached hydrogens (tertiary/aromatic N) is 2. The van der Waals surface area contributed by atoms with Crippen molar-refractivity contribution < 1.29 is 9.67 Å². The zero-order chi connectivity index (χ0) is 18.2. The third-order valence-corrected chi connectivity index (χ3v) is 4.97. The molecule has 1 aromatic carbocycles. The van der Waals surface area contributed by atoms with Crippen molar-refractivity contribution in [3.63, 3.8) is 0 Å². The summed E-state index contributed by atoms with van der Waals surface area (Å²) in [6.07, 6.45) is 7.80. The van der Waals surface area contributed by atoms with Crippen molar-refractivity contribution in [3.8, 4) is 5.69 Å². The molecule has 2 atom stereocenters. The van der Waals surface area contributed by atoms with Crippen LogP contribution in [0.3, 0.4) is 0 Å². The number of hydrogen-bond donors (Lipinski definition) is 1. The lowest BCUT2D eigenvalue weighted by Crippen LogP contribution is -2.53. The van der Waals surface area contributed by atoms with Crippen LogP contribution in [0.25, 0.3) is 5.69 Å². The van der Waals surface area contributed by atoms with Gasteiger partial charge in [-0.3, -0.25) is 0 Å². The van der Waals surface area contributed by atoms with Gasteiger partial charge in [0.25, 0.3) is 5.69 Å². The largest absolute Gasteiger partial charge is 0.341 e. The molecule has 1 aliphatic heterocycles. The Labute approximate surface area is 150 Å². The minimum absolute atomic E-state index is 0.0236. The van der Waals surface area contributed by atoms with Crippen molar-refractivity contribution in [2.75, 3.05) is 7.05 Å². The first kappa shape index (κ1) is 17.6. The lowest BCUT2D eigenvalue weighted by molar-refractivity contribution is -0.595. The summed E-state index contributed by atoms with van der Waals surface area (Å²) in [6, 6.07) is 14.3. The highest BCUT2D eigenvalue weighted by Gasteiger charge is 2.42. The summed E-state index contributed by atoms with van der Waals surface area (Å²) >= 11 is 0. The molecule has 2 aromatic rings. The summed E-state index contributed by atoms with van der Waals surface area (Å²) in [7, 11) is 2.08. The number of likely N-dealkylation sites (N-methyl/N-ethyl adjacent to an activating group) is 1. The van der Waals surface area contributed by atoms with Crippen LogP contribution in [0.15, 0.2) is 78.3 Å². The van der Waals surface area contributed by atoms with E-state index in [0.29, 0.717) is 4.48 Å². The van der Waals surface area contributed by atoms with Gasteiger partial charge < -0.3 is 5.11 Å². The van der Waals surface area contributed by atoms with E-state index in [9.17, 15) is 5.11 Å². The van der Waals surface area contributed by atoms with Crippen LogP contribution in [0.5, 0.6) is 0 Å². The highest BCUT2D eigenvalue weighted by Crippen LogP contribution is 2.39. The quantitative estimate of drug-likeness (QED) is 0.648. The normalized spacial score (nSPS) is 23.8. The highest BCUT2D eigenvalue weighted by atomic mass is 16.3. The fourth-order valence-corrected chi connectivity index (χ4v) is 3.40. The lowest BCUT2D eigenvalue weighted by Gasteiger charge is -2.39. The van der Waals surface area contributed by atoms with Gasteiger partial charge in [0.2, 0.25) is 11.9 Å². The summed E-state index contributed by atoms with van der Waals surface area (Å²) in [4.78, 5) is 0. The van der Waals surface area contributed by atoms with E-state index in [0.717, 1.165) is 16.9 Å². The molecule has 0 saturated heterocycles. The van der Waals surface area contributed by atoms with Crippen LogP contribution in [-0.4, -0.2) is 18.4 Å². The first-order valence-corrected chi connectivity index (χ1v) is 8.75. The number of benzene rings is 1. The van der Waals surface area contributed by atoms with Crippen molar-refractivity contribution >= 4 is 5.69 Å². The minimum Gasteiger partial charge on any atom is -0.341 e. The second-order valence-corrected chi connectivity index (χ2v) is 8.02. The maximum absolute atomic E-state index is 11.1. The van der Waals surface area contributed by atoms with Crippen LogP contribution in [0.2, 0.25) is 0 Å². The monoisotopic (exact) mass is 336 g/mol. The van der Waals surface area contributed by atoms with Gasteiger partial charge in [0.05, 0.1) is 7.05 Å². The van der Waals surface area contributed by atoms with E-state index >= 15 is 0 Å². The molecule has 0 radical (unpaired) electrons. The molecule has 0 aliphatic carbocycles. The smallest absolute Gasteiger partial charge is 0.272 e. The van der Waals surface area contributed by atoms with Crippen LogP contribution in [0.1, 0.15) is 27.7 Å². The molecule has 1 aromatic heterocycles. The molecule has 130 valence electrons. The second-order valence-electron chi connectivity index (χ2n) is 8.02. The number of rotatable bonds is 2. The molecule has 2 unspecified atom stereocenters. The third-order valence-electron chi connectivity index (χ3n) is 4.97. The van der Waals surface area contributed by atoms with E-state index in [-0.39, 0.29) is 5.41 Å². The highest BCUT2D eigenvalue weighted by molar-refractivity contribution is 5.60. The molecular weight excluding hydrogens is 308 g/mol. The zero-order valence-electron chi connectivity index (χ0n) is 15.8. The molecular formula is C22H28N2O+2. The molecule has 0 saturated carbocycles. The molecule has 0 amide bonds. The van der Waals surface area contributed by atoms with Crippen LogP contribution in [0.4, 0.5) is 5.69 Å². The molecule has 0 spiro atoms. The Balaban J connectivity index is 2.22. The van der Waals surface area contributed by atoms with Gasteiger partial charge in [-0.25, -0.2) is 4.48 Å². The Morgan fingerprint density at radius 1 is 1.00 bits per heavy atom. The van der Waals surface area contributed by atoms with E-state index in [2.05, 4.69) is 56.8 Å². The third kappa shape index (κ3) is 3.17. The van der Waals surface area contributed by atoms with Crippen LogP contribution in [-0.2, 0) is 0 Å². The minimum atomic E-state index is -0.600. The number of quaternary nitrogens is 1. The first-order valence-electron chi connectivity index (χ1n) is 8.75. The zero-order valence-corrected chi connectivity index (χ0v) is 15.8. The van der Waals surface area contributed by atoms with Crippen LogP contribution >= 0.6 is 0 Å². The van der Waals surface area contributed by atoms with Crippen molar-refractivity contribution in [2.24, 2.45) is 5.41 Å². The standard InChI is InChI=1S/C22H28N2O/c1-17-15-18(22(2,3)4)16-24(5,21(17)25)20-12-8-7-11-19(20)23-13-9-6-10-14-23/h6-16,21,25H,1-5H3/q+2. The van der Waals surface area contributed by atoms with Gasteiger partial charge in [0.1, 0.15) is 6.20 Å². The van der Waals surface area contributed by atoms with Gasteiger partial charge in [-0.05, 0) is 18.4 Å². The second kappa shape index (κ2) is 6.25. The van der Waals surface area contributed by atoms with Gasteiger partial charge in [-0.2, -0.15) is 4.57 Å². The van der Waals surface area contributed by atoms with Gasteiger partial charge in [0, 0.05) is 35.4 Å². The molecule has 1 aliphatic rings. The van der Waals surface area contributed by atoms with E-state index in [1.165, 1.54) is 5.57 Å². The maximum atomic E-state index is 11.1. The van der Waals surface area contributed by atoms with Gasteiger partial charge in [0.15, 0.2) is 12.4 Å². The number of para-hydroxylation sites is 2. The van der Waals surface area contributed by atoms with Crippen LogP contribution in [0, 0.1) is 5.41 Å².